The fourth-order valence-corrected chi connectivity index (χ4v) is 3.70. The summed E-state index contributed by atoms with van der Waals surface area (Å²) in [6.45, 7) is 14.9. The normalized spacial score (nSPS) is 15.8. The van der Waals surface area contributed by atoms with Crippen molar-refractivity contribution in [1.82, 2.24) is 14.5 Å². The highest BCUT2D eigenvalue weighted by molar-refractivity contribution is 6.30. The Morgan fingerprint density at radius 1 is 1.39 bits per heavy atom. The number of hydrogen-bond donors (Lipinski definition) is 1. The third kappa shape index (κ3) is 4.53. The number of aromatic nitrogens is 2. The Balaban J connectivity index is 2.01. The average Bonchev–Trinajstić information content (AvgIpc) is 3.31. The molecule has 0 spiro atoms. The molecule has 0 atom stereocenters. The number of rotatable bonds is 9. The van der Waals surface area contributed by atoms with E-state index < -0.39 is 0 Å². The van der Waals surface area contributed by atoms with E-state index in [1.54, 1.807) is 6.08 Å². The van der Waals surface area contributed by atoms with Crippen LogP contribution in [0.15, 0.2) is 33.9 Å². The largest absolute Gasteiger partial charge is 0.441 e. The molecule has 28 heavy (non-hydrogen) atoms. The number of oxazole rings is 1. The minimum Gasteiger partial charge on any atom is -0.441 e. The van der Waals surface area contributed by atoms with Crippen molar-refractivity contribution >= 4 is 22.9 Å². The summed E-state index contributed by atoms with van der Waals surface area (Å²) in [6.07, 6.45) is 7.46. The maximum atomic E-state index is 6.18. The predicted molar refractivity (Wildman–Crippen MR) is 116 cm³/mol. The molecule has 6 heteroatoms. The Labute approximate surface area is 172 Å². The van der Waals surface area contributed by atoms with E-state index in [9.17, 15) is 0 Å². The van der Waals surface area contributed by atoms with Crippen LogP contribution in [0, 0.1) is 19.8 Å². The van der Waals surface area contributed by atoms with Gasteiger partial charge in [-0.25, -0.2) is 0 Å². The number of halogens is 1. The van der Waals surface area contributed by atoms with Gasteiger partial charge in [0, 0.05) is 29.4 Å². The summed E-state index contributed by atoms with van der Waals surface area (Å²) in [5.74, 6) is 1.65. The van der Waals surface area contributed by atoms with E-state index in [1.165, 1.54) is 12.8 Å². The SMILES string of the molecule is C=C(Cl)/C=C\C(=C(\C)N)c1c(C)oc2c(CN(CCC)CC3CC3)c(C)nn12. The second-order valence-electron chi connectivity index (χ2n) is 7.84. The molecule has 0 amide bonds. The third-order valence-corrected chi connectivity index (χ3v) is 5.30. The topological polar surface area (TPSA) is 59.7 Å². The molecule has 3 rings (SSSR count). The molecule has 0 bridgehead atoms. The Morgan fingerprint density at radius 2 is 2.11 bits per heavy atom. The second-order valence-corrected chi connectivity index (χ2v) is 8.33. The summed E-state index contributed by atoms with van der Waals surface area (Å²) >= 11 is 5.91. The molecular weight excluding hydrogens is 372 g/mol. The summed E-state index contributed by atoms with van der Waals surface area (Å²) in [5, 5.41) is 5.24. The first kappa shape index (κ1) is 20.7. The van der Waals surface area contributed by atoms with Gasteiger partial charge in [0.25, 0.3) is 0 Å². The number of nitrogens with two attached hydrogens (primary N) is 1. The highest BCUT2D eigenvalue weighted by Crippen LogP contribution is 2.32. The zero-order valence-electron chi connectivity index (χ0n) is 17.4. The van der Waals surface area contributed by atoms with Crippen molar-refractivity contribution in [3.8, 4) is 0 Å². The van der Waals surface area contributed by atoms with Gasteiger partial charge < -0.3 is 10.2 Å². The van der Waals surface area contributed by atoms with E-state index in [0.29, 0.717) is 10.7 Å². The molecule has 0 unspecified atom stereocenters. The quantitative estimate of drug-likeness (QED) is 0.588. The zero-order valence-corrected chi connectivity index (χ0v) is 18.1. The minimum atomic E-state index is 0.448. The number of allylic oxidation sites excluding steroid dienone is 5. The average molecular weight is 403 g/mol. The minimum absolute atomic E-state index is 0.448. The lowest BCUT2D eigenvalue weighted by atomic mass is 10.1. The summed E-state index contributed by atoms with van der Waals surface area (Å²) in [7, 11) is 0. The molecule has 2 heterocycles. The predicted octanol–water partition coefficient (Wildman–Crippen LogP) is 5.16. The van der Waals surface area contributed by atoms with Gasteiger partial charge in [-0.2, -0.15) is 9.61 Å². The molecule has 0 saturated heterocycles. The summed E-state index contributed by atoms with van der Waals surface area (Å²) in [5.41, 5.74) is 11.5. The number of fused-ring (bicyclic) bond motifs is 1. The number of hydrogen-bond acceptors (Lipinski definition) is 4. The van der Waals surface area contributed by atoms with E-state index >= 15 is 0 Å². The van der Waals surface area contributed by atoms with E-state index in [-0.39, 0.29) is 0 Å². The van der Waals surface area contributed by atoms with Crippen molar-refractivity contribution in [3.63, 3.8) is 0 Å². The van der Waals surface area contributed by atoms with Crippen LogP contribution in [0.25, 0.3) is 11.3 Å². The van der Waals surface area contributed by atoms with E-state index in [2.05, 4.69) is 18.4 Å². The standard InChI is InChI=1S/C22H31ClN4O/c1-6-11-26(12-18-8-9-18)13-20-16(4)25-27-21(17(5)28-22(20)27)19(15(3)24)10-7-14(2)23/h7,10,18H,2,6,8-9,11-13,24H2,1,3-5H3/b10-7-,19-15+. The van der Waals surface area contributed by atoms with Gasteiger partial charge in [0.2, 0.25) is 5.71 Å². The molecule has 1 fully saturated rings. The van der Waals surface area contributed by atoms with Crippen LogP contribution in [0.3, 0.4) is 0 Å². The molecule has 1 aliphatic rings. The molecule has 152 valence electrons. The van der Waals surface area contributed by atoms with Gasteiger partial charge >= 0.3 is 0 Å². The zero-order chi connectivity index (χ0) is 20.4. The van der Waals surface area contributed by atoms with Crippen LogP contribution in [0.5, 0.6) is 0 Å². The van der Waals surface area contributed by atoms with Crippen LogP contribution in [-0.2, 0) is 6.54 Å². The molecule has 5 nitrogen and oxygen atoms in total. The van der Waals surface area contributed by atoms with Gasteiger partial charge in [-0.3, -0.25) is 4.90 Å². The van der Waals surface area contributed by atoms with Gasteiger partial charge in [-0.15, -0.1) is 0 Å². The van der Waals surface area contributed by atoms with Crippen molar-refractivity contribution in [1.29, 1.82) is 0 Å². The lowest BCUT2D eigenvalue weighted by molar-refractivity contribution is 0.254. The van der Waals surface area contributed by atoms with Gasteiger partial charge in [-0.05, 0) is 64.6 Å². The van der Waals surface area contributed by atoms with E-state index in [4.69, 9.17) is 26.9 Å². The van der Waals surface area contributed by atoms with Crippen LogP contribution in [0.2, 0.25) is 0 Å². The fraction of sp³-hybridized carbons (Fsp3) is 0.500. The van der Waals surface area contributed by atoms with E-state index in [0.717, 1.165) is 66.0 Å². The van der Waals surface area contributed by atoms with Crippen molar-refractivity contribution in [3.05, 3.63) is 52.2 Å². The Kier molecular flexibility index (Phi) is 6.36. The molecule has 2 aromatic heterocycles. The monoisotopic (exact) mass is 402 g/mol. The summed E-state index contributed by atoms with van der Waals surface area (Å²) < 4.78 is 8.07. The van der Waals surface area contributed by atoms with Crippen molar-refractivity contribution in [2.75, 3.05) is 13.1 Å². The Bertz CT molecular complexity index is 926. The molecular formula is C22H31ClN4O. The van der Waals surface area contributed by atoms with Gasteiger partial charge in [0.05, 0.1) is 11.3 Å². The number of aryl methyl sites for hydroxylation is 2. The molecule has 0 aromatic carbocycles. The van der Waals surface area contributed by atoms with Crippen LogP contribution < -0.4 is 5.73 Å². The van der Waals surface area contributed by atoms with Crippen LogP contribution in [0.4, 0.5) is 0 Å². The molecule has 2 N–H and O–H groups in total. The smallest absolute Gasteiger partial charge is 0.227 e. The molecule has 0 radical (unpaired) electrons. The first-order valence-electron chi connectivity index (χ1n) is 10.0. The molecule has 2 aromatic rings. The Hall–Kier alpha value is -1.98. The highest BCUT2D eigenvalue weighted by Gasteiger charge is 2.27. The molecule has 1 saturated carbocycles. The van der Waals surface area contributed by atoms with Crippen LogP contribution in [0.1, 0.15) is 55.8 Å². The van der Waals surface area contributed by atoms with Gasteiger partial charge in [0.15, 0.2) is 0 Å². The lowest BCUT2D eigenvalue weighted by Crippen LogP contribution is -2.26. The fourth-order valence-electron chi connectivity index (χ4n) is 3.63. The molecule has 1 aliphatic carbocycles. The van der Waals surface area contributed by atoms with Gasteiger partial charge in [-0.1, -0.05) is 25.1 Å². The summed E-state index contributed by atoms with van der Waals surface area (Å²) in [4.78, 5) is 2.53. The second kappa shape index (κ2) is 8.58. The van der Waals surface area contributed by atoms with E-state index in [1.807, 2.05) is 31.4 Å². The highest BCUT2D eigenvalue weighted by atomic mass is 35.5. The van der Waals surface area contributed by atoms with Gasteiger partial charge in [0.1, 0.15) is 11.5 Å². The van der Waals surface area contributed by atoms with Crippen LogP contribution >= 0.6 is 11.6 Å². The number of nitrogens with zero attached hydrogens (tertiary/aromatic N) is 3. The maximum absolute atomic E-state index is 6.18. The third-order valence-electron chi connectivity index (χ3n) is 5.18. The van der Waals surface area contributed by atoms with Crippen molar-refractivity contribution in [2.45, 2.75) is 53.5 Å². The Morgan fingerprint density at radius 3 is 2.68 bits per heavy atom. The van der Waals surface area contributed by atoms with Crippen molar-refractivity contribution < 1.29 is 4.42 Å². The first-order valence-corrected chi connectivity index (χ1v) is 10.4. The van der Waals surface area contributed by atoms with Crippen molar-refractivity contribution in [2.24, 2.45) is 11.7 Å². The lowest BCUT2D eigenvalue weighted by Gasteiger charge is -2.20. The maximum Gasteiger partial charge on any atom is 0.227 e. The first-order chi connectivity index (χ1) is 13.3. The van der Waals surface area contributed by atoms with Crippen LogP contribution in [-0.4, -0.2) is 27.6 Å². The molecule has 0 aliphatic heterocycles. The summed E-state index contributed by atoms with van der Waals surface area (Å²) in [6, 6.07) is 0.